The highest BCUT2D eigenvalue weighted by molar-refractivity contribution is 6.00. The molecule has 0 fully saturated rings. The van der Waals surface area contributed by atoms with Crippen LogP contribution < -0.4 is 11.1 Å². The fourth-order valence-corrected chi connectivity index (χ4v) is 1.51. The number of aliphatic imine (C=N–C) groups is 1. The van der Waals surface area contributed by atoms with Crippen molar-refractivity contribution in [2.75, 3.05) is 13.1 Å². The van der Waals surface area contributed by atoms with Crippen LogP contribution in [0.4, 0.5) is 0 Å². The molecule has 1 aromatic carbocycles. The Bertz CT molecular complexity index is 393. The molecular formula is C17H29N3. The van der Waals surface area contributed by atoms with Gasteiger partial charge in [-0.1, -0.05) is 56.2 Å². The third-order valence-corrected chi connectivity index (χ3v) is 2.42. The van der Waals surface area contributed by atoms with Gasteiger partial charge in [-0.25, -0.2) is 0 Å². The highest BCUT2D eigenvalue weighted by Crippen LogP contribution is 2.07. The summed E-state index contributed by atoms with van der Waals surface area (Å²) in [5.41, 5.74) is 7.97. The van der Waals surface area contributed by atoms with E-state index in [1.54, 1.807) is 6.08 Å². The molecule has 112 valence electrons. The summed E-state index contributed by atoms with van der Waals surface area (Å²) in [6, 6.07) is 8.66. The Hall–Kier alpha value is -1.61. The normalized spacial score (nSPS) is 15.8. The molecule has 0 aromatic heterocycles. The highest BCUT2D eigenvalue weighted by Gasteiger charge is 2.16. The van der Waals surface area contributed by atoms with Gasteiger partial charge in [-0.2, -0.15) is 0 Å². The van der Waals surface area contributed by atoms with Crippen LogP contribution in [0, 0.1) is 6.92 Å². The lowest BCUT2D eigenvalue weighted by molar-refractivity contribution is 0.668. The van der Waals surface area contributed by atoms with E-state index in [2.05, 4.69) is 61.9 Å². The zero-order chi connectivity index (χ0) is 15.4. The number of aryl methyl sites for hydroxylation is 1. The molecule has 0 bridgehead atoms. The Balaban J connectivity index is 0.000000520. The van der Waals surface area contributed by atoms with Gasteiger partial charge >= 0.3 is 0 Å². The van der Waals surface area contributed by atoms with Crippen molar-refractivity contribution in [3.8, 4) is 0 Å². The molecule has 1 unspecified atom stereocenters. The van der Waals surface area contributed by atoms with E-state index in [-0.39, 0.29) is 0 Å². The van der Waals surface area contributed by atoms with Crippen LogP contribution in [0.5, 0.6) is 0 Å². The van der Waals surface area contributed by atoms with Gasteiger partial charge in [-0.05, 0) is 13.8 Å². The number of hydrogen-bond acceptors (Lipinski definition) is 3. The van der Waals surface area contributed by atoms with E-state index in [1.807, 2.05) is 6.92 Å². The third kappa shape index (κ3) is 7.10. The number of nitrogens with two attached hydrogens (primary N) is 1. The Morgan fingerprint density at radius 2 is 1.85 bits per heavy atom. The smallest absolute Gasteiger partial charge is 0.128 e. The fraction of sp³-hybridized carbons (Fsp3) is 0.471. The van der Waals surface area contributed by atoms with Gasteiger partial charge in [0, 0.05) is 12.1 Å². The van der Waals surface area contributed by atoms with Crippen LogP contribution >= 0.6 is 0 Å². The van der Waals surface area contributed by atoms with Crippen molar-refractivity contribution in [1.29, 1.82) is 0 Å². The third-order valence-electron chi connectivity index (χ3n) is 2.42. The SMILES string of the molecule is C=CC.CCC.Cc1ccc(C2=NCC(CN)N2)cc1. The molecule has 3 nitrogen and oxygen atoms in total. The molecule has 0 aliphatic carbocycles. The quantitative estimate of drug-likeness (QED) is 0.814. The molecule has 0 radical (unpaired) electrons. The number of benzene rings is 1. The molecule has 20 heavy (non-hydrogen) atoms. The van der Waals surface area contributed by atoms with Gasteiger partial charge < -0.3 is 11.1 Å². The van der Waals surface area contributed by atoms with E-state index in [4.69, 9.17) is 5.73 Å². The predicted molar refractivity (Wildman–Crippen MR) is 90.4 cm³/mol. The number of hydrogen-bond donors (Lipinski definition) is 2. The molecule has 1 aliphatic rings. The first-order chi connectivity index (χ1) is 9.62. The number of nitrogens with zero attached hydrogens (tertiary/aromatic N) is 1. The minimum absolute atomic E-state index is 0.311. The standard InChI is InChI=1S/C11H15N3.C3H8.C3H6/c1-8-2-4-9(5-3-8)11-13-7-10(6-12)14-11;2*1-3-2/h2-5,10H,6-7,12H2,1H3,(H,13,14);3H2,1-2H3;3H,1H2,2H3. The molecule has 1 aliphatic heterocycles. The van der Waals surface area contributed by atoms with Crippen LogP contribution in [0.15, 0.2) is 41.9 Å². The van der Waals surface area contributed by atoms with Gasteiger partial charge in [0.2, 0.25) is 0 Å². The molecule has 1 atom stereocenters. The van der Waals surface area contributed by atoms with E-state index in [0.717, 1.165) is 17.9 Å². The summed E-state index contributed by atoms with van der Waals surface area (Å²) < 4.78 is 0. The van der Waals surface area contributed by atoms with Gasteiger partial charge in [0.25, 0.3) is 0 Å². The van der Waals surface area contributed by atoms with Gasteiger partial charge in [-0.3, -0.25) is 4.99 Å². The maximum Gasteiger partial charge on any atom is 0.128 e. The van der Waals surface area contributed by atoms with Gasteiger partial charge in [0.05, 0.1) is 12.6 Å². The zero-order valence-corrected chi connectivity index (χ0v) is 13.3. The summed E-state index contributed by atoms with van der Waals surface area (Å²) >= 11 is 0. The second-order valence-corrected chi connectivity index (χ2v) is 4.75. The number of nitrogens with one attached hydrogen (secondary N) is 1. The van der Waals surface area contributed by atoms with E-state index < -0.39 is 0 Å². The molecule has 1 aromatic rings. The summed E-state index contributed by atoms with van der Waals surface area (Å²) in [4.78, 5) is 4.41. The lowest BCUT2D eigenvalue weighted by Crippen LogP contribution is -2.36. The monoisotopic (exact) mass is 275 g/mol. The zero-order valence-electron chi connectivity index (χ0n) is 13.3. The van der Waals surface area contributed by atoms with E-state index in [0.29, 0.717) is 12.6 Å². The average molecular weight is 275 g/mol. The van der Waals surface area contributed by atoms with Crippen molar-refractivity contribution >= 4 is 5.84 Å². The Morgan fingerprint density at radius 3 is 2.25 bits per heavy atom. The highest BCUT2D eigenvalue weighted by atomic mass is 15.1. The lowest BCUT2D eigenvalue weighted by Gasteiger charge is -2.08. The predicted octanol–water partition coefficient (Wildman–Crippen LogP) is 3.28. The summed E-state index contributed by atoms with van der Waals surface area (Å²) in [5.74, 6) is 0.973. The lowest BCUT2D eigenvalue weighted by atomic mass is 10.1. The number of amidine groups is 1. The second kappa shape index (κ2) is 11.2. The minimum atomic E-state index is 0.311. The van der Waals surface area contributed by atoms with Crippen molar-refractivity contribution in [1.82, 2.24) is 5.32 Å². The molecule has 3 N–H and O–H groups in total. The maximum absolute atomic E-state index is 5.56. The molecular weight excluding hydrogens is 246 g/mol. The van der Waals surface area contributed by atoms with Crippen LogP contribution in [0.2, 0.25) is 0 Å². The fourth-order valence-electron chi connectivity index (χ4n) is 1.51. The largest absolute Gasteiger partial charge is 0.364 e. The van der Waals surface area contributed by atoms with Crippen molar-refractivity contribution in [2.24, 2.45) is 10.7 Å². The van der Waals surface area contributed by atoms with Gasteiger partial charge in [-0.15, -0.1) is 6.58 Å². The average Bonchev–Trinajstić information content (AvgIpc) is 2.90. The van der Waals surface area contributed by atoms with Crippen molar-refractivity contribution in [3.63, 3.8) is 0 Å². The Kier molecular flexibility index (Phi) is 10.3. The number of allylic oxidation sites excluding steroid dienone is 1. The van der Waals surface area contributed by atoms with Gasteiger partial charge in [0.1, 0.15) is 5.84 Å². The van der Waals surface area contributed by atoms with E-state index in [9.17, 15) is 0 Å². The van der Waals surface area contributed by atoms with Crippen LogP contribution in [0.1, 0.15) is 38.3 Å². The number of rotatable bonds is 2. The minimum Gasteiger partial charge on any atom is -0.364 e. The molecule has 0 spiro atoms. The molecule has 1 heterocycles. The molecule has 3 heteroatoms. The second-order valence-electron chi connectivity index (χ2n) is 4.75. The van der Waals surface area contributed by atoms with Crippen LogP contribution in [0.25, 0.3) is 0 Å². The van der Waals surface area contributed by atoms with Gasteiger partial charge in [0.15, 0.2) is 0 Å². The Morgan fingerprint density at radius 1 is 1.35 bits per heavy atom. The molecule has 0 amide bonds. The van der Waals surface area contributed by atoms with Crippen molar-refractivity contribution in [3.05, 3.63) is 48.0 Å². The summed E-state index contributed by atoms with van der Waals surface area (Å²) in [5, 5.41) is 3.30. The first-order valence-corrected chi connectivity index (χ1v) is 7.27. The van der Waals surface area contributed by atoms with E-state index in [1.165, 1.54) is 12.0 Å². The maximum atomic E-state index is 5.56. The van der Waals surface area contributed by atoms with Crippen LogP contribution in [0.3, 0.4) is 0 Å². The summed E-state index contributed by atoms with van der Waals surface area (Å²) in [7, 11) is 0. The first-order valence-electron chi connectivity index (χ1n) is 7.27. The molecule has 0 saturated heterocycles. The molecule has 0 saturated carbocycles. The van der Waals surface area contributed by atoms with E-state index >= 15 is 0 Å². The summed E-state index contributed by atoms with van der Waals surface area (Å²) in [6.07, 6.45) is 3.00. The Labute approximate surface area is 124 Å². The van der Waals surface area contributed by atoms with Crippen LogP contribution in [-0.4, -0.2) is 25.0 Å². The van der Waals surface area contributed by atoms with Crippen molar-refractivity contribution < 1.29 is 0 Å². The first kappa shape index (κ1) is 18.4. The summed E-state index contributed by atoms with van der Waals surface area (Å²) in [6.45, 7) is 13.0. The van der Waals surface area contributed by atoms with Crippen LogP contribution in [-0.2, 0) is 0 Å². The molecule has 2 rings (SSSR count). The van der Waals surface area contributed by atoms with Crippen molar-refractivity contribution in [2.45, 2.75) is 40.2 Å². The topological polar surface area (TPSA) is 50.4 Å².